The summed E-state index contributed by atoms with van der Waals surface area (Å²) in [5, 5.41) is 11.6. The first-order valence-electron chi connectivity index (χ1n) is 9.06. The van der Waals surface area contributed by atoms with E-state index in [4.69, 9.17) is 5.73 Å². The van der Waals surface area contributed by atoms with Gasteiger partial charge in [-0.25, -0.2) is 0 Å². The summed E-state index contributed by atoms with van der Waals surface area (Å²) in [6, 6.07) is 0. The van der Waals surface area contributed by atoms with Crippen LogP contribution >= 0.6 is 0 Å². The minimum absolute atomic E-state index is 0.0374. The molecule has 0 spiro atoms. The second kappa shape index (κ2) is 5.85. The predicted octanol–water partition coefficient (Wildman–Crippen LogP) is 4.36. The Morgan fingerprint density at radius 3 is 2.14 bits per heavy atom. The van der Waals surface area contributed by atoms with Crippen molar-refractivity contribution in [1.82, 2.24) is 0 Å². The largest absolute Gasteiger partial charge is 0.389 e. The maximum atomic E-state index is 11.6. The Bertz CT molecular complexity index is 355. The molecule has 0 radical (unpaired) electrons. The molecule has 3 N–H and O–H groups in total. The van der Waals surface area contributed by atoms with E-state index in [1.54, 1.807) is 0 Å². The van der Waals surface area contributed by atoms with Crippen LogP contribution in [0.25, 0.3) is 0 Å². The molecule has 2 rings (SSSR count). The Balaban J connectivity index is 2.20. The summed E-state index contributed by atoms with van der Waals surface area (Å²) in [5.41, 5.74) is 5.90. The van der Waals surface area contributed by atoms with Crippen molar-refractivity contribution in [1.29, 1.82) is 0 Å². The molecule has 124 valence electrons. The van der Waals surface area contributed by atoms with Crippen molar-refractivity contribution in [3.05, 3.63) is 0 Å². The molecule has 2 unspecified atom stereocenters. The fourth-order valence-electron chi connectivity index (χ4n) is 5.65. The van der Waals surface area contributed by atoms with E-state index in [1.165, 1.54) is 19.3 Å². The zero-order valence-electron chi connectivity index (χ0n) is 14.9. The topological polar surface area (TPSA) is 46.2 Å². The Hall–Kier alpha value is -0.0800. The van der Waals surface area contributed by atoms with Crippen molar-refractivity contribution >= 4 is 0 Å². The highest BCUT2D eigenvalue weighted by Gasteiger charge is 2.55. The molecule has 0 aromatic rings. The van der Waals surface area contributed by atoms with E-state index in [0.717, 1.165) is 37.5 Å². The quantitative estimate of drug-likeness (QED) is 0.813. The first-order chi connectivity index (χ1) is 9.63. The van der Waals surface area contributed by atoms with E-state index in [0.29, 0.717) is 12.5 Å². The Labute approximate surface area is 131 Å². The lowest BCUT2D eigenvalue weighted by Gasteiger charge is -2.57. The summed E-state index contributed by atoms with van der Waals surface area (Å²) in [7, 11) is 0. The van der Waals surface area contributed by atoms with Crippen molar-refractivity contribution in [3.63, 3.8) is 0 Å². The molecule has 2 nitrogen and oxygen atoms in total. The normalized spacial score (nSPS) is 44.0. The SMILES string of the molecule is CC1CC(C)(C)CC(O)(C2(CN)CCC(C(C)C)CC2)C1. The summed E-state index contributed by atoms with van der Waals surface area (Å²) in [4.78, 5) is 0. The third-order valence-corrected chi connectivity index (χ3v) is 6.67. The summed E-state index contributed by atoms with van der Waals surface area (Å²) in [6.07, 6.45) is 7.81. The molecule has 2 fully saturated rings. The van der Waals surface area contributed by atoms with Crippen LogP contribution in [0.2, 0.25) is 0 Å². The average Bonchev–Trinajstić information content (AvgIpc) is 2.35. The monoisotopic (exact) mass is 295 g/mol. The summed E-state index contributed by atoms with van der Waals surface area (Å²) < 4.78 is 0. The van der Waals surface area contributed by atoms with Gasteiger partial charge in [0.15, 0.2) is 0 Å². The molecule has 0 aromatic heterocycles. The Morgan fingerprint density at radius 2 is 1.71 bits per heavy atom. The van der Waals surface area contributed by atoms with Crippen LogP contribution in [-0.4, -0.2) is 17.3 Å². The van der Waals surface area contributed by atoms with Crippen LogP contribution in [0.3, 0.4) is 0 Å². The van der Waals surface area contributed by atoms with E-state index in [-0.39, 0.29) is 10.8 Å². The van der Waals surface area contributed by atoms with Gasteiger partial charge in [0, 0.05) is 12.0 Å². The maximum absolute atomic E-state index is 11.6. The lowest BCUT2D eigenvalue weighted by atomic mass is 9.52. The highest BCUT2D eigenvalue weighted by molar-refractivity contribution is 5.07. The van der Waals surface area contributed by atoms with Crippen molar-refractivity contribution in [2.24, 2.45) is 34.3 Å². The van der Waals surface area contributed by atoms with Crippen molar-refractivity contribution in [2.75, 3.05) is 6.54 Å². The van der Waals surface area contributed by atoms with Crippen LogP contribution < -0.4 is 5.73 Å². The third kappa shape index (κ3) is 3.32. The first-order valence-corrected chi connectivity index (χ1v) is 9.06. The standard InChI is InChI=1S/C19H37NO/c1-14(2)16-6-8-18(13-20,9-7-16)19(21)11-15(3)10-17(4,5)12-19/h14-16,21H,6-13,20H2,1-5H3. The number of hydrogen-bond acceptors (Lipinski definition) is 2. The molecule has 2 saturated carbocycles. The molecule has 0 bridgehead atoms. The fraction of sp³-hybridized carbons (Fsp3) is 1.00. The molecule has 2 atom stereocenters. The molecule has 2 heteroatoms. The maximum Gasteiger partial charge on any atom is 0.0723 e. The number of aliphatic hydroxyl groups is 1. The smallest absolute Gasteiger partial charge is 0.0723 e. The van der Waals surface area contributed by atoms with E-state index in [1.807, 2.05) is 0 Å². The molecule has 2 aliphatic carbocycles. The highest BCUT2D eigenvalue weighted by atomic mass is 16.3. The molecular weight excluding hydrogens is 258 g/mol. The minimum atomic E-state index is -0.551. The van der Waals surface area contributed by atoms with Gasteiger partial charge in [-0.15, -0.1) is 0 Å². The van der Waals surface area contributed by atoms with Gasteiger partial charge >= 0.3 is 0 Å². The van der Waals surface area contributed by atoms with E-state index < -0.39 is 5.60 Å². The zero-order chi connectivity index (χ0) is 15.9. The van der Waals surface area contributed by atoms with Crippen LogP contribution in [0.4, 0.5) is 0 Å². The van der Waals surface area contributed by atoms with E-state index in [2.05, 4.69) is 34.6 Å². The van der Waals surface area contributed by atoms with Gasteiger partial charge in [-0.05, 0) is 68.1 Å². The van der Waals surface area contributed by atoms with Crippen molar-refractivity contribution in [2.45, 2.75) is 85.2 Å². The second-order valence-electron chi connectivity index (χ2n) is 9.45. The summed E-state index contributed by atoms with van der Waals surface area (Å²) >= 11 is 0. The number of nitrogens with two attached hydrogens (primary N) is 1. The molecule has 0 aromatic carbocycles. The molecule has 2 aliphatic rings. The fourth-order valence-corrected chi connectivity index (χ4v) is 5.65. The minimum Gasteiger partial charge on any atom is -0.389 e. The van der Waals surface area contributed by atoms with Crippen LogP contribution in [0, 0.1) is 28.6 Å². The average molecular weight is 296 g/mol. The summed E-state index contributed by atoms with van der Waals surface area (Å²) in [5.74, 6) is 2.18. The van der Waals surface area contributed by atoms with Gasteiger partial charge in [0.05, 0.1) is 5.60 Å². The lowest BCUT2D eigenvalue weighted by Crippen LogP contribution is -2.58. The van der Waals surface area contributed by atoms with Crippen molar-refractivity contribution < 1.29 is 5.11 Å². The van der Waals surface area contributed by atoms with E-state index >= 15 is 0 Å². The van der Waals surface area contributed by atoms with Crippen molar-refractivity contribution in [3.8, 4) is 0 Å². The molecule has 0 saturated heterocycles. The Morgan fingerprint density at radius 1 is 1.14 bits per heavy atom. The molecule has 21 heavy (non-hydrogen) atoms. The van der Waals surface area contributed by atoms with Gasteiger partial charge in [-0.3, -0.25) is 0 Å². The van der Waals surface area contributed by atoms with E-state index in [9.17, 15) is 5.11 Å². The van der Waals surface area contributed by atoms with Crippen LogP contribution in [0.15, 0.2) is 0 Å². The number of rotatable bonds is 3. The Kier molecular flexibility index (Phi) is 4.81. The van der Waals surface area contributed by atoms with Crippen LogP contribution in [-0.2, 0) is 0 Å². The predicted molar refractivity (Wildman–Crippen MR) is 90.0 cm³/mol. The number of hydrogen-bond donors (Lipinski definition) is 2. The molecule has 0 amide bonds. The first kappa shape index (κ1) is 17.3. The zero-order valence-corrected chi connectivity index (χ0v) is 14.9. The molecule has 0 aliphatic heterocycles. The van der Waals surface area contributed by atoms with Crippen LogP contribution in [0.5, 0.6) is 0 Å². The summed E-state index contributed by atoms with van der Waals surface area (Å²) in [6.45, 7) is 12.3. The van der Waals surface area contributed by atoms with Gasteiger partial charge in [0.2, 0.25) is 0 Å². The molecule has 0 heterocycles. The van der Waals surface area contributed by atoms with Gasteiger partial charge in [-0.2, -0.15) is 0 Å². The molecular formula is C19H37NO. The highest BCUT2D eigenvalue weighted by Crippen LogP contribution is 2.56. The van der Waals surface area contributed by atoms with Gasteiger partial charge in [0.25, 0.3) is 0 Å². The lowest BCUT2D eigenvalue weighted by molar-refractivity contribution is -0.161. The van der Waals surface area contributed by atoms with Gasteiger partial charge in [0.1, 0.15) is 0 Å². The second-order valence-corrected chi connectivity index (χ2v) is 9.45. The van der Waals surface area contributed by atoms with Gasteiger partial charge < -0.3 is 10.8 Å². The third-order valence-electron chi connectivity index (χ3n) is 6.67. The van der Waals surface area contributed by atoms with Crippen LogP contribution in [0.1, 0.15) is 79.6 Å². The van der Waals surface area contributed by atoms with Gasteiger partial charge in [-0.1, -0.05) is 34.6 Å².